The molecule has 92 valence electrons. The molecule has 0 atom stereocenters. The standard InChI is InChI=1S/C14H25NS/c1-13(2,3)12-8-7-11(16-12)9-10-15-14(4,5)6/h7-8,15H,9-10H2,1-6H3. The molecule has 0 aliphatic carbocycles. The van der Waals surface area contributed by atoms with Crippen LogP contribution >= 0.6 is 11.3 Å². The largest absolute Gasteiger partial charge is 0.312 e. The average Bonchev–Trinajstić information content (AvgIpc) is 2.49. The summed E-state index contributed by atoms with van der Waals surface area (Å²) in [5.41, 5.74) is 0.518. The molecule has 0 aliphatic heterocycles. The molecule has 2 heteroatoms. The van der Waals surface area contributed by atoms with E-state index in [1.807, 2.05) is 11.3 Å². The molecule has 0 radical (unpaired) electrons. The van der Waals surface area contributed by atoms with Crippen molar-refractivity contribution in [1.29, 1.82) is 0 Å². The van der Waals surface area contributed by atoms with Gasteiger partial charge in [-0.1, -0.05) is 20.8 Å². The van der Waals surface area contributed by atoms with E-state index < -0.39 is 0 Å². The summed E-state index contributed by atoms with van der Waals surface area (Å²) in [6.07, 6.45) is 1.14. The van der Waals surface area contributed by atoms with Crippen LogP contribution in [0.25, 0.3) is 0 Å². The fourth-order valence-electron chi connectivity index (χ4n) is 1.48. The quantitative estimate of drug-likeness (QED) is 0.841. The lowest BCUT2D eigenvalue weighted by Crippen LogP contribution is -2.36. The van der Waals surface area contributed by atoms with Crippen LogP contribution in [0.5, 0.6) is 0 Å². The zero-order chi connectivity index (χ0) is 12.4. The van der Waals surface area contributed by atoms with Gasteiger partial charge in [0.1, 0.15) is 0 Å². The number of rotatable bonds is 3. The molecule has 1 rings (SSSR count). The van der Waals surface area contributed by atoms with Gasteiger partial charge in [-0.25, -0.2) is 0 Å². The highest BCUT2D eigenvalue weighted by Crippen LogP contribution is 2.29. The van der Waals surface area contributed by atoms with Gasteiger partial charge in [0.2, 0.25) is 0 Å². The second kappa shape index (κ2) is 4.89. The first-order chi connectivity index (χ1) is 7.18. The molecule has 0 bridgehead atoms. The minimum absolute atomic E-state index is 0.226. The molecule has 16 heavy (non-hydrogen) atoms. The van der Waals surface area contributed by atoms with Gasteiger partial charge >= 0.3 is 0 Å². The van der Waals surface area contributed by atoms with E-state index in [1.54, 1.807) is 0 Å². The van der Waals surface area contributed by atoms with E-state index in [0.717, 1.165) is 13.0 Å². The van der Waals surface area contributed by atoms with Crippen molar-refractivity contribution in [2.45, 2.75) is 58.9 Å². The Kier molecular flexibility index (Phi) is 4.19. The van der Waals surface area contributed by atoms with E-state index in [0.29, 0.717) is 5.41 Å². The predicted octanol–water partition coefficient (Wildman–Crippen LogP) is 3.98. The molecule has 1 nitrogen and oxygen atoms in total. The predicted molar refractivity (Wildman–Crippen MR) is 74.5 cm³/mol. The van der Waals surface area contributed by atoms with Crippen LogP contribution in [0.1, 0.15) is 51.3 Å². The number of hydrogen-bond donors (Lipinski definition) is 1. The number of nitrogens with one attached hydrogen (secondary N) is 1. The lowest BCUT2D eigenvalue weighted by atomic mass is 9.95. The molecule has 0 spiro atoms. The Morgan fingerprint density at radius 2 is 1.69 bits per heavy atom. The fraction of sp³-hybridized carbons (Fsp3) is 0.714. The van der Waals surface area contributed by atoms with E-state index in [9.17, 15) is 0 Å². The Morgan fingerprint density at radius 3 is 2.12 bits per heavy atom. The van der Waals surface area contributed by atoms with Crippen LogP contribution in [0.3, 0.4) is 0 Å². The maximum absolute atomic E-state index is 3.53. The van der Waals surface area contributed by atoms with Gasteiger partial charge in [0.25, 0.3) is 0 Å². The molecule has 1 N–H and O–H groups in total. The summed E-state index contributed by atoms with van der Waals surface area (Å²) in [5, 5.41) is 3.53. The average molecular weight is 239 g/mol. The molecule has 0 aromatic carbocycles. The lowest BCUT2D eigenvalue weighted by Gasteiger charge is -2.20. The molecule has 0 saturated carbocycles. The van der Waals surface area contributed by atoms with E-state index in [4.69, 9.17) is 0 Å². The minimum atomic E-state index is 0.226. The molecule has 1 aromatic rings. The van der Waals surface area contributed by atoms with Gasteiger partial charge in [-0.2, -0.15) is 0 Å². The molecule has 0 saturated heterocycles. The Labute approximate surface area is 104 Å². The van der Waals surface area contributed by atoms with Crippen molar-refractivity contribution in [3.8, 4) is 0 Å². The summed E-state index contributed by atoms with van der Waals surface area (Å²) in [5.74, 6) is 0. The Balaban J connectivity index is 2.48. The lowest BCUT2D eigenvalue weighted by molar-refractivity contribution is 0.430. The first kappa shape index (κ1) is 13.7. The van der Waals surface area contributed by atoms with Crippen LogP contribution in [-0.4, -0.2) is 12.1 Å². The van der Waals surface area contributed by atoms with E-state index in [-0.39, 0.29) is 5.54 Å². The van der Waals surface area contributed by atoms with E-state index in [1.165, 1.54) is 9.75 Å². The van der Waals surface area contributed by atoms with Gasteiger partial charge in [-0.3, -0.25) is 0 Å². The zero-order valence-corrected chi connectivity index (χ0v) is 12.3. The third-order valence-electron chi connectivity index (χ3n) is 2.43. The van der Waals surface area contributed by atoms with E-state index in [2.05, 4.69) is 59.0 Å². The monoisotopic (exact) mass is 239 g/mol. The first-order valence-corrected chi connectivity index (χ1v) is 6.84. The van der Waals surface area contributed by atoms with Crippen LogP contribution in [0, 0.1) is 0 Å². The van der Waals surface area contributed by atoms with Gasteiger partial charge in [-0.15, -0.1) is 11.3 Å². The molecular formula is C14H25NS. The van der Waals surface area contributed by atoms with Crippen molar-refractivity contribution in [2.24, 2.45) is 0 Å². The summed E-state index contributed by atoms with van der Waals surface area (Å²) in [6, 6.07) is 4.55. The summed E-state index contributed by atoms with van der Waals surface area (Å²) in [4.78, 5) is 2.97. The SMILES string of the molecule is CC(C)(C)NCCc1ccc(C(C)(C)C)s1. The van der Waals surface area contributed by atoms with Crippen LogP contribution in [0.4, 0.5) is 0 Å². The molecule has 0 fully saturated rings. The van der Waals surface area contributed by atoms with Crippen LogP contribution in [0.2, 0.25) is 0 Å². The summed E-state index contributed by atoms with van der Waals surface area (Å²) in [6.45, 7) is 14.5. The topological polar surface area (TPSA) is 12.0 Å². The van der Waals surface area contributed by atoms with Crippen molar-refractivity contribution in [3.05, 3.63) is 21.9 Å². The second-order valence-electron chi connectivity index (χ2n) is 6.44. The second-order valence-corrected chi connectivity index (χ2v) is 7.61. The molecule has 0 aliphatic rings. The van der Waals surface area contributed by atoms with Crippen LogP contribution in [0.15, 0.2) is 12.1 Å². The normalized spacial score (nSPS) is 13.1. The highest BCUT2D eigenvalue weighted by Gasteiger charge is 2.16. The highest BCUT2D eigenvalue weighted by atomic mass is 32.1. The van der Waals surface area contributed by atoms with Crippen molar-refractivity contribution in [1.82, 2.24) is 5.32 Å². The molecule has 0 unspecified atom stereocenters. The summed E-state index contributed by atoms with van der Waals surface area (Å²) >= 11 is 1.95. The molecule has 1 aromatic heterocycles. The zero-order valence-electron chi connectivity index (χ0n) is 11.5. The van der Waals surface area contributed by atoms with Crippen molar-refractivity contribution >= 4 is 11.3 Å². The number of thiophene rings is 1. The Hall–Kier alpha value is -0.340. The van der Waals surface area contributed by atoms with Crippen molar-refractivity contribution in [3.63, 3.8) is 0 Å². The summed E-state index contributed by atoms with van der Waals surface area (Å²) in [7, 11) is 0. The maximum Gasteiger partial charge on any atom is 0.0102 e. The van der Waals surface area contributed by atoms with Gasteiger partial charge < -0.3 is 5.32 Å². The Morgan fingerprint density at radius 1 is 1.06 bits per heavy atom. The van der Waals surface area contributed by atoms with Gasteiger partial charge in [0.05, 0.1) is 0 Å². The molecule has 1 heterocycles. The summed E-state index contributed by atoms with van der Waals surface area (Å²) < 4.78 is 0. The smallest absolute Gasteiger partial charge is 0.0102 e. The molecule has 0 amide bonds. The van der Waals surface area contributed by atoms with Gasteiger partial charge in [-0.05, 0) is 44.7 Å². The van der Waals surface area contributed by atoms with E-state index >= 15 is 0 Å². The maximum atomic E-state index is 3.53. The number of hydrogen-bond acceptors (Lipinski definition) is 2. The van der Waals surface area contributed by atoms with Gasteiger partial charge in [0.15, 0.2) is 0 Å². The van der Waals surface area contributed by atoms with Gasteiger partial charge in [0, 0.05) is 21.8 Å². The van der Waals surface area contributed by atoms with Crippen LogP contribution in [-0.2, 0) is 11.8 Å². The minimum Gasteiger partial charge on any atom is -0.312 e. The third kappa shape index (κ3) is 4.67. The molecular weight excluding hydrogens is 214 g/mol. The highest BCUT2D eigenvalue weighted by molar-refractivity contribution is 7.12. The van der Waals surface area contributed by atoms with Crippen molar-refractivity contribution < 1.29 is 0 Å². The Bertz CT molecular complexity index is 325. The van der Waals surface area contributed by atoms with Crippen molar-refractivity contribution in [2.75, 3.05) is 6.54 Å². The van der Waals surface area contributed by atoms with Crippen LogP contribution < -0.4 is 5.32 Å². The third-order valence-corrected chi connectivity index (χ3v) is 4.00. The fourth-order valence-corrected chi connectivity index (χ4v) is 2.54. The first-order valence-electron chi connectivity index (χ1n) is 6.03.